The third kappa shape index (κ3) is 3.66. The number of nitrogens with zero attached hydrogens (tertiary/aromatic N) is 2. The summed E-state index contributed by atoms with van der Waals surface area (Å²) in [5, 5.41) is 5.45. The van der Waals surface area contributed by atoms with Gasteiger partial charge in [0.25, 0.3) is 0 Å². The monoisotopic (exact) mass is 313 g/mol. The van der Waals surface area contributed by atoms with Crippen LogP contribution in [0.2, 0.25) is 0 Å². The zero-order chi connectivity index (χ0) is 12.1. The van der Waals surface area contributed by atoms with E-state index in [4.69, 9.17) is 0 Å². The molecule has 0 bridgehead atoms. The summed E-state index contributed by atoms with van der Waals surface area (Å²) in [5.41, 5.74) is 1.10. The van der Waals surface area contributed by atoms with Crippen LogP contribution in [0.1, 0.15) is 23.9 Å². The summed E-state index contributed by atoms with van der Waals surface area (Å²) >= 11 is 5.31. The van der Waals surface area contributed by atoms with E-state index in [9.17, 15) is 0 Å². The quantitative estimate of drug-likeness (QED) is 0.830. The first-order chi connectivity index (χ1) is 8.29. The van der Waals surface area contributed by atoms with Crippen LogP contribution in [-0.4, -0.2) is 16.1 Å². The molecule has 0 saturated heterocycles. The van der Waals surface area contributed by atoms with Gasteiger partial charge in [-0.05, 0) is 40.3 Å². The van der Waals surface area contributed by atoms with Crippen molar-refractivity contribution in [1.82, 2.24) is 14.9 Å². The first kappa shape index (κ1) is 12.8. The highest BCUT2D eigenvalue weighted by atomic mass is 79.9. The van der Waals surface area contributed by atoms with Crippen LogP contribution in [0, 0.1) is 0 Å². The van der Waals surface area contributed by atoms with E-state index in [1.54, 1.807) is 11.3 Å². The Morgan fingerprint density at radius 2 is 2.41 bits per heavy atom. The summed E-state index contributed by atoms with van der Waals surface area (Å²) in [5.74, 6) is 0. The summed E-state index contributed by atoms with van der Waals surface area (Å²) < 4.78 is 3.31. The number of thiophene rings is 1. The number of hydrogen-bond donors (Lipinski definition) is 1. The lowest BCUT2D eigenvalue weighted by Crippen LogP contribution is -2.13. The van der Waals surface area contributed by atoms with Gasteiger partial charge in [-0.2, -0.15) is 0 Å². The maximum atomic E-state index is 4.39. The molecule has 0 spiro atoms. The predicted octanol–water partition coefficient (Wildman–Crippen LogP) is 3.26. The Bertz CT molecular complexity index is 464. The number of aromatic nitrogens is 2. The van der Waals surface area contributed by atoms with Crippen LogP contribution in [0.15, 0.2) is 28.4 Å². The standard InChI is InChI=1S/C12H16BrN3S/c1-2-4-14-6-10-7-16(9-15-10)8-12-11(13)3-5-17-12/h3,5,7,9,14H,2,4,6,8H2,1H3. The highest BCUT2D eigenvalue weighted by Crippen LogP contribution is 2.23. The molecule has 2 rings (SSSR count). The van der Waals surface area contributed by atoms with Crippen molar-refractivity contribution in [1.29, 1.82) is 0 Å². The lowest BCUT2D eigenvalue weighted by atomic mass is 10.4. The molecule has 3 nitrogen and oxygen atoms in total. The van der Waals surface area contributed by atoms with Gasteiger partial charge < -0.3 is 9.88 Å². The van der Waals surface area contributed by atoms with Gasteiger partial charge in [0.2, 0.25) is 0 Å². The van der Waals surface area contributed by atoms with E-state index in [2.05, 4.69) is 55.4 Å². The van der Waals surface area contributed by atoms with E-state index in [-0.39, 0.29) is 0 Å². The number of rotatable bonds is 6. The lowest BCUT2D eigenvalue weighted by molar-refractivity contribution is 0.665. The normalized spacial score (nSPS) is 10.9. The molecule has 0 aliphatic rings. The molecule has 17 heavy (non-hydrogen) atoms. The fraction of sp³-hybridized carbons (Fsp3) is 0.417. The summed E-state index contributed by atoms with van der Waals surface area (Å²) in [4.78, 5) is 5.72. The van der Waals surface area contributed by atoms with Gasteiger partial charge in [0, 0.05) is 22.1 Å². The smallest absolute Gasteiger partial charge is 0.0953 e. The Morgan fingerprint density at radius 3 is 3.12 bits per heavy atom. The molecule has 0 unspecified atom stereocenters. The van der Waals surface area contributed by atoms with E-state index in [0.717, 1.165) is 31.7 Å². The maximum Gasteiger partial charge on any atom is 0.0953 e. The average molecular weight is 314 g/mol. The highest BCUT2D eigenvalue weighted by Gasteiger charge is 2.03. The second-order valence-corrected chi connectivity index (χ2v) is 5.76. The fourth-order valence-electron chi connectivity index (χ4n) is 1.58. The summed E-state index contributed by atoms with van der Waals surface area (Å²) in [6.07, 6.45) is 5.16. The van der Waals surface area contributed by atoms with Crippen LogP contribution in [0.25, 0.3) is 0 Å². The lowest BCUT2D eigenvalue weighted by Gasteiger charge is -2.00. The molecule has 0 saturated carbocycles. The number of nitrogens with one attached hydrogen (secondary N) is 1. The van der Waals surface area contributed by atoms with Crippen molar-refractivity contribution in [3.63, 3.8) is 0 Å². The highest BCUT2D eigenvalue weighted by molar-refractivity contribution is 9.10. The van der Waals surface area contributed by atoms with Crippen LogP contribution in [-0.2, 0) is 13.1 Å². The molecule has 2 heterocycles. The molecule has 0 fully saturated rings. The Kier molecular flexibility index (Phi) is 4.76. The molecule has 0 atom stereocenters. The van der Waals surface area contributed by atoms with Gasteiger partial charge in [-0.15, -0.1) is 11.3 Å². The van der Waals surface area contributed by atoms with Crippen LogP contribution in [0.5, 0.6) is 0 Å². The van der Waals surface area contributed by atoms with Crippen molar-refractivity contribution in [2.75, 3.05) is 6.54 Å². The Labute approximate surface area is 114 Å². The molecule has 92 valence electrons. The van der Waals surface area contributed by atoms with Crippen molar-refractivity contribution in [3.05, 3.63) is 39.0 Å². The Balaban J connectivity index is 1.92. The minimum absolute atomic E-state index is 0.854. The van der Waals surface area contributed by atoms with Gasteiger partial charge in [-0.3, -0.25) is 0 Å². The molecule has 5 heteroatoms. The molecule has 0 aliphatic heterocycles. The minimum Gasteiger partial charge on any atom is -0.332 e. The third-order valence-electron chi connectivity index (χ3n) is 2.44. The van der Waals surface area contributed by atoms with Crippen molar-refractivity contribution >= 4 is 27.3 Å². The molecule has 2 aromatic rings. The summed E-state index contributed by atoms with van der Waals surface area (Å²) in [7, 11) is 0. The van der Waals surface area contributed by atoms with E-state index >= 15 is 0 Å². The Morgan fingerprint density at radius 1 is 1.53 bits per heavy atom. The molecule has 1 N–H and O–H groups in total. The van der Waals surface area contributed by atoms with Gasteiger partial charge in [-0.25, -0.2) is 4.98 Å². The van der Waals surface area contributed by atoms with Gasteiger partial charge in [-0.1, -0.05) is 6.92 Å². The van der Waals surface area contributed by atoms with Crippen molar-refractivity contribution in [2.24, 2.45) is 0 Å². The third-order valence-corrected chi connectivity index (χ3v) is 4.35. The van der Waals surface area contributed by atoms with Crippen molar-refractivity contribution in [3.8, 4) is 0 Å². The zero-order valence-corrected chi connectivity index (χ0v) is 12.2. The largest absolute Gasteiger partial charge is 0.332 e. The van der Waals surface area contributed by atoms with Gasteiger partial charge in [0.15, 0.2) is 0 Å². The van der Waals surface area contributed by atoms with Crippen molar-refractivity contribution < 1.29 is 0 Å². The minimum atomic E-state index is 0.854. The maximum absolute atomic E-state index is 4.39. The van der Waals surface area contributed by atoms with E-state index < -0.39 is 0 Å². The number of imidazole rings is 1. The topological polar surface area (TPSA) is 29.9 Å². The molecular weight excluding hydrogens is 298 g/mol. The van der Waals surface area contributed by atoms with Crippen molar-refractivity contribution in [2.45, 2.75) is 26.4 Å². The molecular formula is C12H16BrN3S. The van der Waals surface area contributed by atoms with Crippen LogP contribution < -0.4 is 5.32 Å². The van der Waals surface area contributed by atoms with Crippen LogP contribution in [0.3, 0.4) is 0 Å². The second-order valence-electron chi connectivity index (χ2n) is 3.91. The zero-order valence-electron chi connectivity index (χ0n) is 9.82. The number of halogens is 1. The second kappa shape index (κ2) is 6.33. The van der Waals surface area contributed by atoms with Gasteiger partial charge in [0.05, 0.1) is 18.6 Å². The summed E-state index contributed by atoms with van der Waals surface area (Å²) in [6.45, 7) is 4.95. The molecule has 0 aromatic carbocycles. The molecule has 0 amide bonds. The first-order valence-corrected chi connectivity index (χ1v) is 7.40. The van der Waals surface area contributed by atoms with Crippen LogP contribution in [0.4, 0.5) is 0 Å². The number of hydrogen-bond acceptors (Lipinski definition) is 3. The predicted molar refractivity (Wildman–Crippen MR) is 75.3 cm³/mol. The Hall–Kier alpha value is -0.650. The molecule has 2 aromatic heterocycles. The molecule has 0 aliphatic carbocycles. The van der Waals surface area contributed by atoms with E-state index in [0.29, 0.717) is 0 Å². The van der Waals surface area contributed by atoms with E-state index in [1.807, 2.05) is 6.33 Å². The van der Waals surface area contributed by atoms with Crippen LogP contribution >= 0.6 is 27.3 Å². The van der Waals surface area contributed by atoms with Gasteiger partial charge >= 0.3 is 0 Å². The fourth-order valence-corrected chi connectivity index (χ4v) is 3.07. The average Bonchev–Trinajstić information content (AvgIpc) is 2.91. The molecule has 0 radical (unpaired) electrons. The van der Waals surface area contributed by atoms with Gasteiger partial charge in [0.1, 0.15) is 0 Å². The summed E-state index contributed by atoms with van der Waals surface area (Å²) in [6, 6.07) is 2.08. The SMILES string of the molecule is CCCNCc1cn(Cc2sccc2Br)cn1. The first-order valence-electron chi connectivity index (χ1n) is 5.73. The van der Waals surface area contributed by atoms with E-state index in [1.165, 1.54) is 9.35 Å².